The van der Waals surface area contributed by atoms with Crippen LogP contribution in [-0.4, -0.2) is 25.0 Å². The summed E-state index contributed by atoms with van der Waals surface area (Å²) in [6, 6.07) is 13.2. The van der Waals surface area contributed by atoms with Crippen molar-refractivity contribution in [2.45, 2.75) is 20.3 Å². The summed E-state index contributed by atoms with van der Waals surface area (Å²) in [5.41, 5.74) is 3.71. The van der Waals surface area contributed by atoms with Crippen LogP contribution in [0, 0.1) is 13.8 Å². The van der Waals surface area contributed by atoms with E-state index in [9.17, 15) is 9.59 Å². The first-order valence-corrected chi connectivity index (χ1v) is 7.94. The van der Waals surface area contributed by atoms with Gasteiger partial charge in [0.05, 0.1) is 5.69 Å². The third-order valence-electron chi connectivity index (χ3n) is 4.25. The Balaban J connectivity index is 1.66. The average Bonchev–Trinajstić information content (AvgIpc) is 2.58. The number of hydrogen-bond donors (Lipinski definition) is 1. The van der Waals surface area contributed by atoms with Crippen LogP contribution in [0.4, 0.5) is 11.4 Å². The fourth-order valence-corrected chi connectivity index (χ4v) is 2.71. The molecule has 124 valence electrons. The summed E-state index contributed by atoms with van der Waals surface area (Å²) < 4.78 is 5.41. The van der Waals surface area contributed by atoms with Gasteiger partial charge in [0.1, 0.15) is 5.75 Å². The third kappa shape index (κ3) is 3.25. The molecule has 0 aliphatic carbocycles. The Morgan fingerprint density at radius 1 is 1.17 bits per heavy atom. The summed E-state index contributed by atoms with van der Waals surface area (Å²) in [7, 11) is 0. The molecule has 5 nitrogen and oxygen atoms in total. The van der Waals surface area contributed by atoms with Crippen molar-refractivity contribution in [1.29, 1.82) is 0 Å². The SMILES string of the molecule is Cc1cccc(NC(=O)CCN2C(=O)COc3ccccc32)c1C. The highest BCUT2D eigenvalue weighted by molar-refractivity contribution is 5.99. The number of para-hydroxylation sites is 2. The number of ether oxygens (including phenoxy) is 1. The molecule has 2 aromatic rings. The van der Waals surface area contributed by atoms with Crippen molar-refractivity contribution in [1.82, 2.24) is 0 Å². The van der Waals surface area contributed by atoms with E-state index in [1.165, 1.54) is 0 Å². The quantitative estimate of drug-likeness (QED) is 0.940. The average molecular weight is 324 g/mol. The van der Waals surface area contributed by atoms with Crippen LogP contribution >= 0.6 is 0 Å². The number of carbonyl (C=O) groups excluding carboxylic acids is 2. The van der Waals surface area contributed by atoms with Gasteiger partial charge in [-0.15, -0.1) is 0 Å². The highest BCUT2D eigenvalue weighted by Gasteiger charge is 2.25. The van der Waals surface area contributed by atoms with Gasteiger partial charge in [-0.05, 0) is 43.2 Å². The molecule has 0 atom stereocenters. The standard InChI is InChI=1S/C19H20N2O3/c1-13-6-5-7-15(14(13)2)20-18(22)10-11-21-16-8-3-4-9-17(16)24-12-19(21)23/h3-9H,10-12H2,1-2H3,(H,20,22). The molecule has 0 aromatic heterocycles. The zero-order valence-electron chi connectivity index (χ0n) is 13.8. The summed E-state index contributed by atoms with van der Waals surface area (Å²) in [4.78, 5) is 26.0. The number of benzene rings is 2. The van der Waals surface area contributed by atoms with E-state index in [2.05, 4.69) is 5.32 Å². The van der Waals surface area contributed by atoms with E-state index in [0.29, 0.717) is 18.0 Å². The van der Waals surface area contributed by atoms with Crippen molar-refractivity contribution in [2.24, 2.45) is 0 Å². The second kappa shape index (κ2) is 6.74. The maximum absolute atomic E-state index is 12.3. The van der Waals surface area contributed by atoms with E-state index < -0.39 is 0 Å². The molecule has 2 aromatic carbocycles. The number of nitrogens with zero attached hydrogens (tertiary/aromatic N) is 1. The molecule has 0 fully saturated rings. The highest BCUT2D eigenvalue weighted by atomic mass is 16.5. The normalized spacial score (nSPS) is 13.2. The van der Waals surface area contributed by atoms with Gasteiger partial charge in [-0.25, -0.2) is 0 Å². The molecule has 0 unspecified atom stereocenters. The van der Waals surface area contributed by atoms with Gasteiger partial charge in [0.2, 0.25) is 5.91 Å². The number of nitrogens with one attached hydrogen (secondary N) is 1. The highest BCUT2D eigenvalue weighted by Crippen LogP contribution is 2.31. The molecule has 3 rings (SSSR count). The zero-order chi connectivity index (χ0) is 17.1. The van der Waals surface area contributed by atoms with Crippen molar-refractivity contribution >= 4 is 23.2 Å². The number of anilines is 2. The molecule has 1 aliphatic heterocycles. The van der Waals surface area contributed by atoms with Crippen molar-refractivity contribution in [3.63, 3.8) is 0 Å². The number of hydrogen-bond acceptors (Lipinski definition) is 3. The van der Waals surface area contributed by atoms with Crippen LogP contribution in [0.15, 0.2) is 42.5 Å². The Hall–Kier alpha value is -2.82. The lowest BCUT2D eigenvalue weighted by Gasteiger charge is -2.29. The molecule has 1 aliphatic rings. The third-order valence-corrected chi connectivity index (χ3v) is 4.25. The minimum absolute atomic E-state index is 0.00954. The number of amides is 2. The van der Waals surface area contributed by atoms with Gasteiger partial charge in [-0.3, -0.25) is 9.59 Å². The lowest BCUT2D eigenvalue weighted by molar-refractivity contribution is -0.121. The predicted octanol–water partition coefficient (Wildman–Crippen LogP) is 3.06. The maximum Gasteiger partial charge on any atom is 0.265 e. The summed E-state index contributed by atoms with van der Waals surface area (Å²) in [6.07, 6.45) is 0.230. The Morgan fingerprint density at radius 2 is 1.96 bits per heavy atom. The van der Waals surface area contributed by atoms with Gasteiger partial charge >= 0.3 is 0 Å². The van der Waals surface area contributed by atoms with Gasteiger partial charge in [0.25, 0.3) is 5.91 Å². The molecule has 5 heteroatoms. The Morgan fingerprint density at radius 3 is 2.79 bits per heavy atom. The molecule has 0 saturated carbocycles. The zero-order valence-corrected chi connectivity index (χ0v) is 13.8. The van der Waals surface area contributed by atoms with Crippen molar-refractivity contribution in [2.75, 3.05) is 23.4 Å². The lowest BCUT2D eigenvalue weighted by atomic mass is 10.1. The van der Waals surface area contributed by atoms with Gasteiger partial charge < -0.3 is 15.0 Å². The molecule has 0 bridgehead atoms. The monoisotopic (exact) mass is 324 g/mol. The van der Waals surface area contributed by atoms with E-state index in [0.717, 1.165) is 16.8 Å². The van der Waals surface area contributed by atoms with Crippen molar-refractivity contribution < 1.29 is 14.3 Å². The van der Waals surface area contributed by atoms with Crippen LogP contribution in [0.25, 0.3) is 0 Å². The molecule has 0 radical (unpaired) electrons. The summed E-state index contributed by atoms with van der Waals surface area (Å²) >= 11 is 0. The van der Waals surface area contributed by atoms with E-state index >= 15 is 0 Å². The first-order valence-electron chi connectivity index (χ1n) is 7.94. The van der Waals surface area contributed by atoms with Crippen LogP contribution in [-0.2, 0) is 9.59 Å². The van der Waals surface area contributed by atoms with Crippen LogP contribution < -0.4 is 15.0 Å². The predicted molar refractivity (Wildman–Crippen MR) is 93.5 cm³/mol. The molecule has 1 N–H and O–H groups in total. The molecular formula is C19H20N2O3. The smallest absolute Gasteiger partial charge is 0.265 e. The summed E-state index contributed by atoms with van der Waals surface area (Å²) in [5.74, 6) is 0.431. The van der Waals surface area contributed by atoms with Crippen molar-refractivity contribution in [3.8, 4) is 5.75 Å². The fraction of sp³-hybridized carbons (Fsp3) is 0.263. The van der Waals surface area contributed by atoms with E-state index in [-0.39, 0.29) is 24.8 Å². The first-order chi connectivity index (χ1) is 11.6. The van der Waals surface area contributed by atoms with E-state index in [4.69, 9.17) is 4.74 Å². The molecule has 2 amide bonds. The molecule has 24 heavy (non-hydrogen) atoms. The number of fused-ring (bicyclic) bond motifs is 1. The Labute approximate surface area is 141 Å². The van der Waals surface area contributed by atoms with Gasteiger partial charge in [0.15, 0.2) is 6.61 Å². The second-order valence-electron chi connectivity index (χ2n) is 5.85. The largest absolute Gasteiger partial charge is 0.482 e. The molecule has 0 saturated heterocycles. The number of rotatable bonds is 4. The Bertz CT molecular complexity index is 786. The molecule has 0 spiro atoms. The Kier molecular flexibility index (Phi) is 4.51. The van der Waals surface area contributed by atoms with Crippen LogP contribution in [0.1, 0.15) is 17.5 Å². The number of aryl methyl sites for hydroxylation is 1. The van der Waals surface area contributed by atoms with Gasteiger partial charge in [-0.2, -0.15) is 0 Å². The van der Waals surface area contributed by atoms with Crippen LogP contribution in [0.3, 0.4) is 0 Å². The molecular weight excluding hydrogens is 304 g/mol. The second-order valence-corrected chi connectivity index (χ2v) is 5.85. The summed E-state index contributed by atoms with van der Waals surface area (Å²) in [5, 5.41) is 2.92. The maximum atomic E-state index is 12.3. The van der Waals surface area contributed by atoms with Gasteiger partial charge in [0, 0.05) is 18.7 Å². The van der Waals surface area contributed by atoms with Gasteiger partial charge in [-0.1, -0.05) is 24.3 Å². The van der Waals surface area contributed by atoms with Crippen LogP contribution in [0.5, 0.6) is 5.75 Å². The minimum Gasteiger partial charge on any atom is -0.482 e. The van der Waals surface area contributed by atoms with Crippen molar-refractivity contribution in [3.05, 3.63) is 53.6 Å². The fourth-order valence-electron chi connectivity index (χ4n) is 2.71. The molecule has 1 heterocycles. The van der Waals surface area contributed by atoms with E-state index in [1.807, 2.05) is 56.3 Å². The minimum atomic E-state index is -0.131. The summed E-state index contributed by atoms with van der Waals surface area (Å²) in [6.45, 7) is 4.33. The topological polar surface area (TPSA) is 58.6 Å². The first kappa shape index (κ1) is 16.1. The lowest BCUT2D eigenvalue weighted by Crippen LogP contribution is -2.40. The number of carbonyl (C=O) groups is 2. The van der Waals surface area contributed by atoms with Crippen LogP contribution in [0.2, 0.25) is 0 Å². The van der Waals surface area contributed by atoms with E-state index in [1.54, 1.807) is 4.90 Å².